The molecule has 4 aromatic rings. The van der Waals surface area contributed by atoms with Crippen LogP contribution in [0.25, 0.3) is 11.0 Å². The molecule has 7 nitrogen and oxygen atoms in total. The van der Waals surface area contributed by atoms with Crippen LogP contribution in [0, 0.1) is 0 Å². The van der Waals surface area contributed by atoms with E-state index >= 15 is 0 Å². The van der Waals surface area contributed by atoms with E-state index in [1.54, 1.807) is 48.8 Å². The van der Waals surface area contributed by atoms with Crippen molar-refractivity contribution >= 4 is 42.8 Å². The lowest BCUT2D eigenvalue weighted by Gasteiger charge is -2.13. The van der Waals surface area contributed by atoms with Gasteiger partial charge >= 0.3 is 0 Å². The molecule has 146 valence electrons. The van der Waals surface area contributed by atoms with Crippen molar-refractivity contribution < 1.29 is 13.2 Å². The Morgan fingerprint density at radius 1 is 0.931 bits per heavy atom. The number of benzene rings is 2. The average molecular weight is 471 g/mol. The maximum atomic E-state index is 12.8. The Labute approximate surface area is 176 Å². The molecular weight excluding hydrogens is 456 g/mol. The fourth-order valence-electron chi connectivity index (χ4n) is 2.59. The van der Waals surface area contributed by atoms with E-state index in [0.29, 0.717) is 11.0 Å². The third kappa shape index (κ3) is 4.52. The van der Waals surface area contributed by atoms with Gasteiger partial charge in [0, 0.05) is 22.4 Å². The Kier molecular flexibility index (Phi) is 5.41. The second kappa shape index (κ2) is 8.14. The predicted molar refractivity (Wildman–Crippen MR) is 113 cm³/mol. The molecule has 2 aromatic carbocycles. The van der Waals surface area contributed by atoms with Crippen LogP contribution >= 0.6 is 15.9 Å². The number of sulfonamides is 1. The first-order chi connectivity index (χ1) is 14.0. The van der Waals surface area contributed by atoms with Crippen LogP contribution in [0.2, 0.25) is 0 Å². The van der Waals surface area contributed by atoms with Gasteiger partial charge in [0.2, 0.25) is 5.82 Å². The van der Waals surface area contributed by atoms with E-state index in [4.69, 9.17) is 4.74 Å². The molecule has 0 aliphatic carbocycles. The van der Waals surface area contributed by atoms with Crippen LogP contribution in [0.1, 0.15) is 5.56 Å². The standard InChI is InChI=1S/C20H15BrN4O3S/c21-15-7-9-16(10-8-15)29(26,27)25-19-20(28-13-14-4-3-11-22-12-14)24-18-6-2-1-5-17(18)23-19/h1-12H,13H2,(H,23,25). The molecule has 2 aromatic heterocycles. The summed E-state index contributed by atoms with van der Waals surface area (Å²) in [7, 11) is -3.87. The van der Waals surface area contributed by atoms with E-state index in [1.807, 2.05) is 12.1 Å². The summed E-state index contributed by atoms with van der Waals surface area (Å²) in [5.74, 6) is 0.115. The molecule has 2 heterocycles. The van der Waals surface area contributed by atoms with Gasteiger partial charge < -0.3 is 4.74 Å². The molecule has 0 spiro atoms. The summed E-state index contributed by atoms with van der Waals surface area (Å²) in [6.07, 6.45) is 3.33. The van der Waals surface area contributed by atoms with Crippen LogP contribution < -0.4 is 9.46 Å². The van der Waals surface area contributed by atoms with Crippen LogP contribution in [0.5, 0.6) is 5.88 Å². The highest BCUT2D eigenvalue weighted by molar-refractivity contribution is 9.10. The summed E-state index contributed by atoms with van der Waals surface area (Å²) in [5.41, 5.74) is 1.97. The number of anilines is 1. The Bertz CT molecular complexity index is 1250. The summed E-state index contributed by atoms with van der Waals surface area (Å²) in [4.78, 5) is 13.0. The minimum Gasteiger partial charge on any atom is -0.470 e. The maximum absolute atomic E-state index is 12.8. The molecule has 0 aliphatic heterocycles. The molecule has 0 unspecified atom stereocenters. The maximum Gasteiger partial charge on any atom is 0.263 e. The van der Waals surface area contributed by atoms with E-state index in [1.165, 1.54) is 12.1 Å². The summed E-state index contributed by atoms with van der Waals surface area (Å²) in [6.45, 7) is 0.174. The van der Waals surface area contributed by atoms with E-state index in [0.717, 1.165) is 10.0 Å². The van der Waals surface area contributed by atoms with Crippen LogP contribution in [0.15, 0.2) is 82.4 Å². The second-order valence-electron chi connectivity index (χ2n) is 6.08. The topological polar surface area (TPSA) is 94.1 Å². The number of hydrogen-bond donors (Lipinski definition) is 1. The van der Waals surface area contributed by atoms with Crippen molar-refractivity contribution in [1.29, 1.82) is 0 Å². The molecule has 1 N–H and O–H groups in total. The number of nitrogens with one attached hydrogen (secondary N) is 1. The van der Waals surface area contributed by atoms with Crippen LogP contribution in [-0.4, -0.2) is 23.4 Å². The SMILES string of the molecule is O=S(=O)(Nc1nc2ccccc2nc1OCc1cccnc1)c1ccc(Br)cc1. The van der Waals surface area contributed by atoms with Crippen molar-refractivity contribution in [3.63, 3.8) is 0 Å². The minimum atomic E-state index is -3.87. The monoisotopic (exact) mass is 470 g/mol. The Hall–Kier alpha value is -3.04. The third-order valence-corrected chi connectivity index (χ3v) is 5.88. The van der Waals surface area contributed by atoms with Gasteiger partial charge in [-0.05, 0) is 42.5 Å². The van der Waals surface area contributed by atoms with Crippen molar-refractivity contribution in [1.82, 2.24) is 15.0 Å². The van der Waals surface area contributed by atoms with E-state index in [9.17, 15) is 8.42 Å². The Morgan fingerprint density at radius 3 is 2.34 bits per heavy atom. The summed E-state index contributed by atoms with van der Waals surface area (Å²) >= 11 is 3.30. The number of fused-ring (bicyclic) bond motifs is 1. The van der Waals surface area contributed by atoms with Crippen LogP contribution in [-0.2, 0) is 16.6 Å². The van der Waals surface area contributed by atoms with E-state index in [2.05, 4.69) is 35.6 Å². The zero-order chi connectivity index (χ0) is 20.3. The first kappa shape index (κ1) is 19.3. The molecule has 0 amide bonds. The first-order valence-electron chi connectivity index (χ1n) is 8.58. The molecule has 0 saturated heterocycles. The van der Waals surface area contributed by atoms with Crippen molar-refractivity contribution in [2.75, 3.05) is 4.72 Å². The first-order valence-corrected chi connectivity index (χ1v) is 10.9. The lowest BCUT2D eigenvalue weighted by Crippen LogP contribution is -2.15. The highest BCUT2D eigenvalue weighted by atomic mass is 79.9. The molecular formula is C20H15BrN4O3S. The van der Waals surface area contributed by atoms with Gasteiger partial charge in [0.15, 0.2) is 0 Å². The van der Waals surface area contributed by atoms with Gasteiger partial charge in [-0.2, -0.15) is 0 Å². The number of rotatable bonds is 6. The van der Waals surface area contributed by atoms with Gasteiger partial charge in [-0.3, -0.25) is 9.71 Å². The van der Waals surface area contributed by atoms with Gasteiger partial charge in [0.25, 0.3) is 15.9 Å². The molecule has 9 heteroatoms. The van der Waals surface area contributed by atoms with Crippen molar-refractivity contribution in [3.05, 3.63) is 83.1 Å². The fourth-order valence-corrected chi connectivity index (χ4v) is 3.85. The number of pyridine rings is 1. The summed E-state index contributed by atoms with van der Waals surface area (Å²) < 4.78 is 34.7. The molecule has 4 rings (SSSR count). The predicted octanol–water partition coefficient (Wildman–Crippen LogP) is 4.17. The van der Waals surface area contributed by atoms with Crippen LogP contribution in [0.3, 0.4) is 0 Å². The third-order valence-electron chi connectivity index (χ3n) is 3.99. The molecule has 29 heavy (non-hydrogen) atoms. The smallest absolute Gasteiger partial charge is 0.263 e. The quantitative estimate of drug-likeness (QED) is 0.454. The Balaban J connectivity index is 1.70. The molecule has 0 fully saturated rings. The van der Waals surface area contributed by atoms with Gasteiger partial charge in [0.1, 0.15) is 6.61 Å². The normalized spacial score (nSPS) is 11.3. The largest absolute Gasteiger partial charge is 0.470 e. The summed E-state index contributed by atoms with van der Waals surface area (Å²) in [5, 5.41) is 0. The molecule has 0 atom stereocenters. The number of aromatic nitrogens is 3. The number of hydrogen-bond acceptors (Lipinski definition) is 6. The van der Waals surface area contributed by atoms with Gasteiger partial charge in [0.05, 0.1) is 15.9 Å². The van der Waals surface area contributed by atoms with E-state index in [-0.39, 0.29) is 23.2 Å². The van der Waals surface area contributed by atoms with E-state index < -0.39 is 10.0 Å². The van der Waals surface area contributed by atoms with Crippen molar-refractivity contribution in [2.45, 2.75) is 11.5 Å². The highest BCUT2D eigenvalue weighted by Gasteiger charge is 2.19. The van der Waals surface area contributed by atoms with Gasteiger partial charge in [-0.15, -0.1) is 0 Å². The zero-order valence-electron chi connectivity index (χ0n) is 15.0. The lowest BCUT2D eigenvalue weighted by molar-refractivity contribution is 0.295. The second-order valence-corrected chi connectivity index (χ2v) is 8.67. The number of halogens is 1. The molecule has 0 aliphatic rings. The summed E-state index contributed by atoms with van der Waals surface area (Å²) in [6, 6.07) is 17.1. The lowest BCUT2D eigenvalue weighted by atomic mass is 10.3. The van der Waals surface area contributed by atoms with Crippen molar-refractivity contribution in [2.24, 2.45) is 0 Å². The highest BCUT2D eigenvalue weighted by Crippen LogP contribution is 2.27. The van der Waals surface area contributed by atoms with Gasteiger partial charge in [-0.1, -0.05) is 34.1 Å². The Morgan fingerprint density at radius 2 is 1.66 bits per heavy atom. The van der Waals surface area contributed by atoms with Crippen LogP contribution in [0.4, 0.5) is 5.82 Å². The molecule has 0 radical (unpaired) electrons. The van der Waals surface area contributed by atoms with Gasteiger partial charge in [-0.25, -0.2) is 18.4 Å². The number of para-hydroxylation sites is 2. The molecule has 0 saturated carbocycles. The molecule has 0 bridgehead atoms. The fraction of sp³-hybridized carbons (Fsp3) is 0.0500. The number of nitrogens with zero attached hydrogens (tertiary/aromatic N) is 3. The zero-order valence-corrected chi connectivity index (χ0v) is 17.4. The minimum absolute atomic E-state index is 0.0236. The van der Waals surface area contributed by atoms with Crippen molar-refractivity contribution in [3.8, 4) is 5.88 Å². The number of ether oxygens (including phenoxy) is 1. The average Bonchev–Trinajstić information content (AvgIpc) is 2.73.